The monoisotopic (exact) mass is 318 g/mol. The van der Waals surface area contributed by atoms with Crippen molar-refractivity contribution in [2.45, 2.75) is 77.0 Å². The van der Waals surface area contributed by atoms with Gasteiger partial charge in [-0.3, -0.25) is 9.59 Å². The Morgan fingerprint density at radius 3 is 1.95 bits per heavy atom. The molecule has 0 saturated carbocycles. The molecule has 1 aliphatic rings. The van der Waals surface area contributed by atoms with Gasteiger partial charge < -0.3 is 24.4 Å². The van der Waals surface area contributed by atoms with E-state index in [-0.39, 0.29) is 12.8 Å². The van der Waals surface area contributed by atoms with Crippen molar-refractivity contribution in [3.05, 3.63) is 0 Å². The maximum atomic E-state index is 11.7. The van der Waals surface area contributed by atoms with Crippen molar-refractivity contribution in [1.29, 1.82) is 0 Å². The smallest absolute Gasteiger partial charge is 0.306 e. The summed E-state index contributed by atoms with van der Waals surface area (Å²) in [6.07, 6.45) is -0.909. The first-order valence-electron chi connectivity index (χ1n) is 7.86. The summed E-state index contributed by atoms with van der Waals surface area (Å²) in [5, 5.41) is 19.1. The van der Waals surface area contributed by atoms with E-state index in [1.165, 1.54) is 0 Å². The Morgan fingerprint density at radius 2 is 1.50 bits per heavy atom. The average Bonchev–Trinajstić information content (AvgIpc) is 2.79. The molecule has 1 fully saturated rings. The largest absolute Gasteiger partial charge is 0.455 e. The maximum absolute atomic E-state index is 11.7. The number of esters is 2. The third-order valence-electron chi connectivity index (χ3n) is 3.47. The lowest BCUT2D eigenvalue weighted by atomic mass is 10.1. The highest BCUT2D eigenvalue weighted by Gasteiger charge is 2.48. The maximum Gasteiger partial charge on any atom is 0.306 e. The van der Waals surface area contributed by atoms with Crippen LogP contribution in [0.5, 0.6) is 0 Å². The van der Waals surface area contributed by atoms with Crippen molar-refractivity contribution in [1.82, 2.24) is 0 Å². The Labute approximate surface area is 130 Å². The molecule has 0 aliphatic carbocycles. The molecular formula is C15H26O7. The molecule has 4 atom stereocenters. The molecule has 0 spiro atoms. The van der Waals surface area contributed by atoms with Gasteiger partial charge in [0, 0.05) is 12.8 Å². The van der Waals surface area contributed by atoms with E-state index in [0.717, 1.165) is 12.8 Å². The normalized spacial score (nSPS) is 27.6. The number of aliphatic hydroxyl groups is 2. The van der Waals surface area contributed by atoms with E-state index in [2.05, 4.69) is 0 Å². The Hall–Kier alpha value is -1.18. The molecular weight excluding hydrogens is 292 g/mol. The Kier molecular flexibility index (Phi) is 8.37. The second kappa shape index (κ2) is 9.76. The molecule has 0 aromatic carbocycles. The molecule has 1 saturated heterocycles. The van der Waals surface area contributed by atoms with Gasteiger partial charge in [0.2, 0.25) is 0 Å². The second-order valence-electron chi connectivity index (χ2n) is 5.36. The van der Waals surface area contributed by atoms with Gasteiger partial charge >= 0.3 is 11.9 Å². The van der Waals surface area contributed by atoms with Gasteiger partial charge in [-0.05, 0) is 12.8 Å². The highest BCUT2D eigenvalue weighted by molar-refractivity contribution is 5.70. The number of unbranched alkanes of at least 4 members (excludes halogenated alkanes) is 2. The molecule has 22 heavy (non-hydrogen) atoms. The van der Waals surface area contributed by atoms with E-state index in [0.29, 0.717) is 12.8 Å². The summed E-state index contributed by atoms with van der Waals surface area (Å²) in [4.78, 5) is 23.5. The molecule has 2 N–H and O–H groups in total. The minimum Gasteiger partial charge on any atom is -0.455 e. The number of hydrogen-bond acceptors (Lipinski definition) is 7. The Balaban J connectivity index is 2.65. The third kappa shape index (κ3) is 5.55. The minimum absolute atomic E-state index is 0.222. The van der Waals surface area contributed by atoms with E-state index in [4.69, 9.17) is 14.2 Å². The fourth-order valence-electron chi connectivity index (χ4n) is 2.19. The van der Waals surface area contributed by atoms with E-state index in [1.54, 1.807) is 0 Å². The zero-order valence-electron chi connectivity index (χ0n) is 13.2. The van der Waals surface area contributed by atoms with E-state index < -0.39 is 43.1 Å². The fourth-order valence-corrected chi connectivity index (χ4v) is 2.19. The van der Waals surface area contributed by atoms with Gasteiger partial charge in [-0.25, -0.2) is 0 Å². The lowest BCUT2D eigenvalue weighted by Gasteiger charge is -2.22. The van der Waals surface area contributed by atoms with Gasteiger partial charge in [0.15, 0.2) is 18.5 Å². The van der Waals surface area contributed by atoms with E-state index >= 15 is 0 Å². The van der Waals surface area contributed by atoms with Gasteiger partial charge in [-0.15, -0.1) is 0 Å². The number of rotatable bonds is 9. The van der Waals surface area contributed by atoms with Crippen molar-refractivity contribution in [3.8, 4) is 0 Å². The molecule has 0 aromatic heterocycles. The van der Waals surface area contributed by atoms with Crippen LogP contribution in [0.3, 0.4) is 0 Å². The van der Waals surface area contributed by atoms with Gasteiger partial charge in [0.1, 0.15) is 6.10 Å². The SMILES string of the molecule is CCCCC(=O)O[C@@H]1C(CO)OC(O)[C@@H]1OC(=O)CCCC. The molecule has 2 unspecified atom stereocenters. The number of carbonyl (C=O) groups is 2. The Morgan fingerprint density at radius 1 is 1.00 bits per heavy atom. The number of ether oxygens (including phenoxy) is 3. The van der Waals surface area contributed by atoms with E-state index in [9.17, 15) is 19.8 Å². The molecule has 7 heteroatoms. The van der Waals surface area contributed by atoms with Crippen molar-refractivity contribution >= 4 is 11.9 Å². The van der Waals surface area contributed by atoms with Crippen LogP contribution < -0.4 is 0 Å². The van der Waals surface area contributed by atoms with Crippen molar-refractivity contribution < 1.29 is 34.0 Å². The van der Waals surface area contributed by atoms with Crippen LogP contribution in [0.25, 0.3) is 0 Å². The second-order valence-corrected chi connectivity index (χ2v) is 5.36. The van der Waals surface area contributed by atoms with Crippen LogP contribution in [-0.4, -0.2) is 53.4 Å². The summed E-state index contributed by atoms with van der Waals surface area (Å²) in [7, 11) is 0. The molecule has 1 heterocycles. The first-order chi connectivity index (χ1) is 10.5. The third-order valence-corrected chi connectivity index (χ3v) is 3.47. The number of carbonyl (C=O) groups excluding carboxylic acids is 2. The van der Waals surface area contributed by atoms with E-state index in [1.807, 2.05) is 13.8 Å². The first kappa shape index (κ1) is 18.9. The predicted molar refractivity (Wildman–Crippen MR) is 76.8 cm³/mol. The van der Waals surface area contributed by atoms with Crippen LogP contribution >= 0.6 is 0 Å². The topological polar surface area (TPSA) is 102 Å². The molecule has 0 aromatic rings. The summed E-state index contributed by atoms with van der Waals surface area (Å²) in [5.74, 6) is -0.944. The van der Waals surface area contributed by atoms with Crippen molar-refractivity contribution in [2.24, 2.45) is 0 Å². The van der Waals surface area contributed by atoms with Crippen molar-refractivity contribution in [2.75, 3.05) is 6.61 Å². The summed E-state index contributed by atoms with van der Waals surface area (Å²) < 4.78 is 15.5. The molecule has 0 amide bonds. The highest BCUT2D eigenvalue weighted by atomic mass is 16.7. The predicted octanol–water partition coefficient (Wildman–Crippen LogP) is 0.900. The zero-order valence-corrected chi connectivity index (χ0v) is 13.2. The summed E-state index contributed by atoms with van der Waals surface area (Å²) in [6, 6.07) is 0. The zero-order chi connectivity index (χ0) is 16.5. The van der Waals surface area contributed by atoms with Crippen LogP contribution in [0.4, 0.5) is 0 Å². The summed E-state index contributed by atoms with van der Waals surface area (Å²) in [6.45, 7) is 3.46. The molecule has 0 bridgehead atoms. The quantitative estimate of drug-likeness (QED) is 0.609. The van der Waals surface area contributed by atoms with Crippen LogP contribution in [-0.2, 0) is 23.8 Å². The van der Waals surface area contributed by atoms with Crippen LogP contribution in [0.1, 0.15) is 52.4 Å². The first-order valence-corrected chi connectivity index (χ1v) is 7.86. The van der Waals surface area contributed by atoms with Gasteiger partial charge in [-0.1, -0.05) is 26.7 Å². The fraction of sp³-hybridized carbons (Fsp3) is 0.867. The lowest BCUT2D eigenvalue weighted by Crippen LogP contribution is -2.41. The standard InChI is InChI=1S/C15H26O7/c1-3-5-7-11(17)21-13-10(9-16)20-15(19)14(13)22-12(18)8-6-4-2/h10,13-16,19H,3-9H2,1-2H3/t10?,13-,14-,15?/m1/s1. The summed E-state index contributed by atoms with van der Waals surface area (Å²) >= 11 is 0. The van der Waals surface area contributed by atoms with Gasteiger partial charge in [-0.2, -0.15) is 0 Å². The average molecular weight is 318 g/mol. The molecule has 7 nitrogen and oxygen atoms in total. The van der Waals surface area contributed by atoms with Crippen LogP contribution in [0.15, 0.2) is 0 Å². The van der Waals surface area contributed by atoms with Crippen molar-refractivity contribution in [3.63, 3.8) is 0 Å². The number of hydrogen-bond donors (Lipinski definition) is 2. The molecule has 1 rings (SSSR count). The van der Waals surface area contributed by atoms with Crippen LogP contribution in [0, 0.1) is 0 Å². The minimum atomic E-state index is -1.41. The lowest BCUT2D eigenvalue weighted by molar-refractivity contribution is -0.177. The number of aliphatic hydroxyl groups excluding tert-OH is 2. The molecule has 0 radical (unpaired) electrons. The van der Waals surface area contributed by atoms with Crippen LogP contribution in [0.2, 0.25) is 0 Å². The Bertz CT molecular complexity index is 358. The molecule has 128 valence electrons. The van der Waals surface area contributed by atoms with Gasteiger partial charge in [0.05, 0.1) is 6.61 Å². The molecule has 1 aliphatic heterocycles. The van der Waals surface area contributed by atoms with Gasteiger partial charge in [0.25, 0.3) is 0 Å². The highest BCUT2D eigenvalue weighted by Crippen LogP contribution is 2.26. The summed E-state index contributed by atoms with van der Waals surface area (Å²) in [5.41, 5.74) is 0.